The van der Waals surface area contributed by atoms with E-state index in [0.717, 1.165) is 36.2 Å². The second kappa shape index (κ2) is 7.51. The molecule has 0 saturated heterocycles. The molecule has 0 aliphatic heterocycles. The van der Waals surface area contributed by atoms with Crippen LogP contribution in [-0.2, 0) is 0 Å². The van der Waals surface area contributed by atoms with Crippen LogP contribution in [0.1, 0.15) is 30.5 Å². The molecule has 2 unspecified atom stereocenters. The van der Waals surface area contributed by atoms with Crippen LogP contribution in [0.4, 0.5) is 15.8 Å². The highest BCUT2D eigenvalue weighted by atomic mass is 19.1. The summed E-state index contributed by atoms with van der Waals surface area (Å²) in [6, 6.07) is 5.68. The van der Waals surface area contributed by atoms with Crippen LogP contribution in [0.15, 0.2) is 34.6 Å². The van der Waals surface area contributed by atoms with Crippen molar-refractivity contribution in [1.82, 2.24) is 19.5 Å². The number of benzene rings is 1. The van der Waals surface area contributed by atoms with Crippen molar-refractivity contribution in [1.29, 1.82) is 0 Å². The Bertz CT molecular complexity index is 1090. The molecule has 1 aliphatic rings. The largest absolute Gasteiger partial charge is 0.395 e. The lowest BCUT2D eigenvalue weighted by Crippen LogP contribution is -2.25. The number of nitrogen functional groups attached to an aromatic ring is 1. The summed E-state index contributed by atoms with van der Waals surface area (Å²) in [6.45, 7) is 3.88. The normalized spacial score (nSPS) is 19.8. The Morgan fingerprint density at radius 2 is 2.00 bits per heavy atom. The Hall–Kier alpha value is -2.87. The van der Waals surface area contributed by atoms with Gasteiger partial charge in [0.05, 0.1) is 29.3 Å². The molecule has 2 heterocycles. The maximum absolute atomic E-state index is 14.5. The van der Waals surface area contributed by atoms with E-state index in [-0.39, 0.29) is 11.7 Å². The first-order valence-electron chi connectivity index (χ1n) is 9.82. The van der Waals surface area contributed by atoms with E-state index in [1.54, 1.807) is 10.6 Å². The van der Waals surface area contributed by atoms with Crippen molar-refractivity contribution >= 4 is 17.0 Å². The minimum atomic E-state index is -0.518. The number of aromatic nitrogens is 3. The predicted molar refractivity (Wildman–Crippen MR) is 112 cm³/mol. The molecular weight excluding hydrogens is 369 g/mol. The number of azo groups is 1. The molecule has 2 atom stereocenters. The lowest BCUT2D eigenvalue weighted by molar-refractivity contribution is 0.296. The van der Waals surface area contributed by atoms with Crippen LogP contribution >= 0.6 is 0 Å². The average Bonchev–Trinajstić information content (AvgIpc) is 3.29. The average molecular weight is 395 g/mol. The number of nitrogens with zero attached hydrogens (tertiary/aromatic N) is 6. The molecule has 152 valence electrons. The molecule has 3 aromatic rings. The van der Waals surface area contributed by atoms with E-state index in [1.807, 2.05) is 26.1 Å². The molecule has 8 heteroatoms. The minimum absolute atomic E-state index is 0.0101. The van der Waals surface area contributed by atoms with Gasteiger partial charge in [0.2, 0.25) is 0 Å². The Morgan fingerprint density at radius 3 is 2.72 bits per heavy atom. The van der Waals surface area contributed by atoms with E-state index >= 15 is 0 Å². The fourth-order valence-electron chi connectivity index (χ4n) is 3.87. The number of nitrogens with two attached hydrogens (primary N) is 1. The van der Waals surface area contributed by atoms with Gasteiger partial charge in [-0.2, -0.15) is 15.3 Å². The van der Waals surface area contributed by atoms with Crippen molar-refractivity contribution in [3.63, 3.8) is 0 Å². The highest BCUT2D eigenvalue weighted by molar-refractivity contribution is 5.73. The number of halogens is 1. The number of imidazole rings is 1. The number of fused-ring (bicyclic) bond motifs is 1. The molecule has 1 fully saturated rings. The van der Waals surface area contributed by atoms with Crippen molar-refractivity contribution in [2.24, 2.45) is 10.2 Å². The van der Waals surface area contributed by atoms with E-state index < -0.39 is 5.82 Å². The molecule has 0 amide bonds. The smallest absolute Gasteiger partial charge is 0.156 e. The van der Waals surface area contributed by atoms with Crippen molar-refractivity contribution < 1.29 is 4.39 Å². The van der Waals surface area contributed by atoms with Gasteiger partial charge in [0, 0.05) is 11.6 Å². The third kappa shape index (κ3) is 3.85. The van der Waals surface area contributed by atoms with E-state index in [0.29, 0.717) is 23.0 Å². The third-order valence-electron chi connectivity index (χ3n) is 5.57. The number of anilines is 1. The molecule has 0 radical (unpaired) electrons. The second-order valence-corrected chi connectivity index (χ2v) is 8.05. The molecule has 2 N–H and O–H groups in total. The topological polar surface area (TPSA) is 84.2 Å². The zero-order valence-electron chi connectivity index (χ0n) is 17.2. The van der Waals surface area contributed by atoms with Gasteiger partial charge in [-0.15, -0.1) is 0 Å². The van der Waals surface area contributed by atoms with Crippen molar-refractivity contribution in [3.8, 4) is 11.3 Å². The van der Waals surface area contributed by atoms with Gasteiger partial charge in [0.1, 0.15) is 11.5 Å². The van der Waals surface area contributed by atoms with Crippen LogP contribution in [0.5, 0.6) is 0 Å². The Balaban J connectivity index is 1.67. The summed E-state index contributed by atoms with van der Waals surface area (Å²) in [6.07, 6.45) is 4.87. The molecule has 2 aromatic heterocycles. The summed E-state index contributed by atoms with van der Waals surface area (Å²) >= 11 is 0. The highest BCUT2D eigenvalue weighted by Crippen LogP contribution is 2.33. The van der Waals surface area contributed by atoms with Gasteiger partial charge in [0.15, 0.2) is 5.65 Å². The molecule has 0 bridgehead atoms. The molecule has 0 spiro atoms. The number of hydrogen-bond donors (Lipinski definition) is 1. The maximum Gasteiger partial charge on any atom is 0.156 e. The third-order valence-corrected chi connectivity index (χ3v) is 5.57. The molecular formula is C21H26FN7. The van der Waals surface area contributed by atoms with Gasteiger partial charge in [-0.1, -0.05) is 0 Å². The van der Waals surface area contributed by atoms with Crippen LogP contribution in [-0.4, -0.2) is 45.7 Å². The molecule has 7 nitrogen and oxygen atoms in total. The van der Waals surface area contributed by atoms with Crippen LogP contribution < -0.4 is 5.73 Å². The SMILES string of the molecule is Cc1cn2nc(-c3cc(F)c(N)c(N=NC4CCC(N(C)C)C4)c3)cc(C)c2n1. The summed E-state index contributed by atoms with van der Waals surface area (Å²) in [7, 11) is 4.16. The first kappa shape index (κ1) is 19.4. The Morgan fingerprint density at radius 1 is 1.21 bits per heavy atom. The Labute approximate surface area is 169 Å². The number of rotatable bonds is 4. The molecule has 4 rings (SSSR count). The Kier molecular flexibility index (Phi) is 5.04. The van der Waals surface area contributed by atoms with Crippen LogP contribution in [0, 0.1) is 19.7 Å². The summed E-state index contributed by atoms with van der Waals surface area (Å²) in [4.78, 5) is 6.67. The number of hydrogen-bond acceptors (Lipinski definition) is 6. The van der Waals surface area contributed by atoms with Gasteiger partial charge in [-0.25, -0.2) is 13.9 Å². The monoisotopic (exact) mass is 395 g/mol. The quantitative estimate of drug-likeness (QED) is 0.527. The van der Waals surface area contributed by atoms with Crippen molar-refractivity contribution in [2.45, 2.75) is 45.2 Å². The van der Waals surface area contributed by atoms with Gasteiger partial charge in [0.25, 0.3) is 0 Å². The minimum Gasteiger partial charge on any atom is -0.395 e. The second-order valence-electron chi connectivity index (χ2n) is 8.05. The number of aryl methyl sites for hydroxylation is 2. The molecule has 1 aliphatic carbocycles. The first-order chi connectivity index (χ1) is 13.8. The van der Waals surface area contributed by atoms with Gasteiger partial charge < -0.3 is 10.6 Å². The van der Waals surface area contributed by atoms with Gasteiger partial charge >= 0.3 is 0 Å². The predicted octanol–water partition coefficient (Wildman–Crippen LogP) is 4.30. The van der Waals surface area contributed by atoms with Crippen LogP contribution in [0.3, 0.4) is 0 Å². The van der Waals surface area contributed by atoms with Crippen molar-refractivity contribution in [2.75, 3.05) is 19.8 Å². The zero-order valence-corrected chi connectivity index (χ0v) is 17.2. The van der Waals surface area contributed by atoms with Crippen LogP contribution in [0.2, 0.25) is 0 Å². The highest BCUT2D eigenvalue weighted by Gasteiger charge is 2.26. The summed E-state index contributed by atoms with van der Waals surface area (Å²) in [5.74, 6) is -0.518. The lowest BCUT2D eigenvalue weighted by atomic mass is 10.1. The van der Waals surface area contributed by atoms with E-state index in [2.05, 4.69) is 39.3 Å². The lowest BCUT2D eigenvalue weighted by Gasteiger charge is -2.17. The van der Waals surface area contributed by atoms with Gasteiger partial charge in [-0.05, 0) is 71.0 Å². The standard InChI is InChI=1S/C21H26FN7/c1-12-7-18(27-29-11-13(2)24-21(12)29)14-8-17(22)20(23)19(9-14)26-25-15-5-6-16(10-15)28(3)4/h7-9,11,15-16H,5-6,10,23H2,1-4H3. The van der Waals surface area contributed by atoms with E-state index in [1.165, 1.54) is 6.07 Å². The first-order valence-corrected chi connectivity index (χ1v) is 9.82. The van der Waals surface area contributed by atoms with Gasteiger partial charge in [-0.3, -0.25) is 0 Å². The van der Waals surface area contributed by atoms with E-state index in [9.17, 15) is 4.39 Å². The summed E-state index contributed by atoms with van der Waals surface area (Å²) in [5, 5.41) is 13.3. The molecule has 1 saturated carbocycles. The van der Waals surface area contributed by atoms with E-state index in [4.69, 9.17) is 5.73 Å². The molecule has 1 aromatic carbocycles. The van der Waals surface area contributed by atoms with Crippen molar-refractivity contribution in [3.05, 3.63) is 41.5 Å². The maximum atomic E-state index is 14.5. The summed E-state index contributed by atoms with van der Waals surface area (Å²) < 4.78 is 16.2. The summed E-state index contributed by atoms with van der Waals surface area (Å²) in [5.41, 5.74) is 10.2. The molecule has 29 heavy (non-hydrogen) atoms. The van der Waals surface area contributed by atoms with Crippen LogP contribution in [0.25, 0.3) is 16.9 Å². The fourth-order valence-corrected chi connectivity index (χ4v) is 3.87. The zero-order chi connectivity index (χ0) is 20.7. The fraction of sp³-hybridized carbons (Fsp3) is 0.429.